The molecule has 0 aromatic heterocycles. The Hall–Kier alpha value is -1.59. The summed E-state index contributed by atoms with van der Waals surface area (Å²) in [7, 11) is -4.39. The van der Waals surface area contributed by atoms with Crippen molar-refractivity contribution in [3.63, 3.8) is 0 Å². The minimum atomic E-state index is -4.39. The number of hydrogen-bond donors (Lipinski definition) is 3. The molecule has 3 unspecified atom stereocenters. The molecule has 4 N–H and O–H groups in total. The molecule has 0 amide bonds. The molecule has 0 spiro atoms. The molecule has 0 fully saturated rings. The SMILES string of the molecule is CCCCCCCCCCCCCCCC(=O)OCC(COP(=O)(O)OCCN)OC(=O)CCCCCCC/C=C\C=C\C(CCCCC)OO. The van der Waals surface area contributed by atoms with Crippen LogP contribution in [0.25, 0.3) is 0 Å². The Morgan fingerprint density at radius 1 is 0.686 bits per heavy atom. The van der Waals surface area contributed by atoms with Crippen LogP contribution in [0.15, 0.2) is 24.3 Å². The van der Waals surface area contributed by atoms with Crippen LogP contribution >= 0.6 is 7.82 Å². The van der Waals surface area contributed by atoms with Crippen molar-refractivity contribution in [2.24, 2.45) is 5.73 Å². The van der Waals surface area contributed by atoms with Gasteiger partial charge in [-0.25, -0.2) is 9.45 Å². The lowest BCUT2D eigenvalue weighted by Gasteiger charge is -2.19. The summed E-state index contributed by atoms with van der Waals surface area (Å²) in [5, 5.41) is 9.00. The van der Waals surface area contributed by atoms with Gasteiger partial charge in [0.15, 0.2) is 6.10 Å². The lowest BCUT2D eigenvalue weighted by Crippen LogP contribution is -2.29. The lowest BCUT2D eigenvalue weighted by molar-refractivity contribution is -0.267. The van der Waals surface area contributed by atoms with E-state index in [1.807, 2.05) is 18.2 Å². The fraction of sp³-hybridized carbons (Fsp3) is 0.846. The molecule has 300 valence electrons. The van der Waals surface area contributed by atoms with Crippen LogP contribution in [0.3, 0.4) is 0 Å². The van der Waals surface area contributed by atoms with Crippen LogP contribution in [0.2, 0.25) is 0 Å². The van der Waals surface area contributed by atoms with Gasteiger partial charge in [-0.3, -0.25) is 23.9 Å². The molecule has 0 rings (SSSR count). The van der Waals surface area contributed by atoms with Crippen LogP contribution < -0.4 is 5.73 Å². The van der Waals surface area contributed by atoms with E-state index in [0.717, 1.165) is 77.0 Å². The molecule has 12 heteroatoms. The molecule has 0 aliphatic rings. The highest BCUT2D eigenvalue weighted by Gasteiger charge is 2.26. The van der Waals surface area contributed by atoms with E-state index >= 15 is 0 Å². The zero-order valence-electron chi connectivity index (χ0n) is 32.2. The van der Waals surface area contributed by atoms with Crippen LogP contribution in [0.5, 0.6) is 0 Å². The zero-order valence-corrected chi connectivity index (χ0v) is 33.0. The maximum atomic E-state index is 12.5. The van der Waals surface area contributed by atoms with Crippen LogP contribution in [-0.4, -0.2) is 60.7 Å². The number of ether oxygens (including phenoxy) is 2. The first-order chi connectivity index (χ1) is 24.8. The number of unbranched alkanes of at least 4 members (excludes halogenated alkanes) is 19. The van der Waals surface area contributed by atoms with Gasteiger partial charge in [-0.1, -0.05) is 154 Å². The quantitative estimate of drug-likeness (QED) is 0.0137. The monoisotopic (exact) mass is 748 g/mol. The van der Waals surface area contributed by atoms with Crippen molar-refractivity contribution < 1.29 is 47.7 Å². The van der Waals surface area contributed by atoms with Gasteiger partial charge in [0.1, 0.15) is 12.7 Å². The Kier molecular flexibility index (Phi) is 35.6. The van der Waals surface area contributed by atoms with Gasteiger partial charge >= 0.3 is 19.8 Å². The third-order valence-corrected chi connectivity index (χ3v) is 9.55. The second-order valence-corrected chi connectivity index (χ2v) is 14.9. The Bertz CT molecular complexity index is 916. The predicted octanol–water partition coefficient (Wildman–Crippen LogP) is 10.3. The first-order valence-corrected chi connectivity index (χ1v) is 21.6. The molecule has 0 bridgehead atoms. The maximum absolute atomic E-state index is 12.5. The summed E-state index contributed by atoms with van der Waals surface area (Å²) < 4.78 is 32.6. The van der Waals surface area contributed by atoms with E-state index in [9.17, 15) is 19.0 Å². The minimum absolute atomic E-state index is 0.0398. The van der Waals surface area contributed by atoms with Crippen molar-refractivity contribution in [2.75, 3.05) is 26.4 Å². The highest BCUT2D eigenvalue weighted by atomic mass is 31.2. The first kappa shape index (κ1) is 49.4. The van der Waals surface area contributed by atoms with Crippen molar-refractivity contribution in [1.82, 2.24) is 0 Å². The van der Waals surface area contributed by atoms with Gasteiger partial charge in [-0.2, -0.15) is 0 Å². The smallest absolute Gasteiger partial charge is 0.462 e. The molecule has 0 aromatic carbocycles. The van der Waals surface area contributed by atoms with Gasteiger partial charge in [0.2, 0.25) is 0 Å². The minimum Gasteiger partial charge on any atom is -0.462 e. The fourth-order valence-corrected chi connectivity index (χ4v) is 6.26. The number of hydrogen-bond acceptors (Lipinski definition) is 10. The van der Waals surface area contributed by atoms with Crippen molar-refractivity contribution in [1.29, 1.82) is 0 Å². The van der Waals surface area contributed by atoms with Crippen molar-refractivity contribution in [2.45, 2.75) is 187 Å². The average Bonchev–Trinajstić information content (AvgIpc) is 3.12. The lowest BCUT2D eigenvalue weighted by atomic mass is 10.0. The van der Waals surface area contributed by atoms with E-state index in [1.54, 1.807) is 0 Å². The number of carbonyl (C=O) groups excluding carboxylic acids is 2. The third-order valence-electron chi connectivity index (χ3n) is 8.56. The van der Waals surface area contributed by atoms with E-state index in [2.05, 4.69) is 24.8 Å². The summed E-state index contributed by atoms with van der Waals surface area (Å²) in [6.45, 7) is 3.53. The molecular weight excluding hydrogens is 673 g/mol. The standard InChI is InChI=1S/C39H74NO10P/c1-3-5-7-8-9-10-11-12-13-16-19-22-26-30-38(41)46-34-37(35-48-51(44,45)47-33-32-40)49-39(42)31-27-23-20-17-14-15-18-21-25-29-36(50-43)28-24-6-4-2/h18,21,25,29,36-37,43H,3-17,19-20,22-24,26-28,30-35,40H2,1-2H3,(H,44,45)/b21-18-,29-25+. The highest BCUT2D eigenvalue weighted by Crippen LogP contribution is 2.43. The topological polar surface area (TPSA) is 164 Å². The van der Waals surface area contributed by atoms with E-state index in [4.69, 9.17) is 29.5 Å². The van der Waals surface area contributed by atoms with Gasteiger partial charge in [-0.15, -0.1) is 0 Å². The van der Waals surface area contributed by atoms with Gasteiger partial charge in [-0.05, 0) is 32.1 Å². The van der Waals surface area contributed by atoms with E-state index in [0.29, 0.717) is 6.42 Å². The summed E-state index contributed by atoms with van der Waals surface area (Å²) in [6.07, 6.45) is 32.3. The summed E-state index contributed by atoms with van der Waals surface area (Å²) in [4.78, 5) is 39.3. The van der Waals surface area contributed by atoms with Crippen molar-refractivity contribution in [3.05, 3.63) is 24.3 Å². The molecular formula is C39H74NO10P. The average molecular weight is 748 g/mol. The van der Waals surface area contributed by atoms with Crippen LogP contribution in [0.4, 0.5) is 0 Å². The zero-order chi connectivity index (χ0) is 37.7. The number of allylic oxidation sites excluding steroid dienone is 3. The van der Waals surface area contributed by atoms with Crippen molar-refractivity contribution in [3.8, 4) is 0 Å². The molecule has 0 saturated carbocycles. The Balaban J connectivity index is 4.30. The van der Waals surface area contributed by atoms with E-state index in [-0.39, 0.29) is 38.7 Å². The van der Waals surface area contributed by atoms with E-state index in [1.165, 1.54) is 64.2 Å². The van der Waals surface area contributed by atoms with Crippen molar-refractivity contribution >= 4 is 19.8 Å². The number of carbonyl (C=O) groups is 2. The molecule has 0 aliphatic heterocycles. The second-order valence-electron chi connectivity index (χ2n) is 13.4. The molecule has 0 radical (unpaired) electrons. The number of esters is 2. The summed E-state index contributed by atoms with van der Waals surface area (Å²) in [5.41, 5.74) is 5.33. The Morgan fingerprint density at radius 3 is 1.78 bits per heavy atom. The number of rotatable bonds is 38. The Morgan fingerprint density at radius 2 is 1.22 bits per heavy atom. The second kappa shape index (κ2) is 36.8. The van der Waals surface area contributed by atoms with Crippen LogP contribution in [-0.2, 0) is 37.6 Å². The summed E-state index contributed by atoms with van der Waals surface area (Å²) >= 11 is 0. The fourth-order valence-electron chi connectivity index (χ4n) is 5.49. The number of nitrogens with two attached hydrogens (primary N) is 1. The first-order valence-electron chi connectivity index (χ1n) is 20.1. The molecule has 0 saturated heterocycles. The normalized spacial score (nSPS) is 14.2. The predicted molar refractivity (Wildman–Crippen MR) is 204 cm³/mol. The molecule has 0 heterocycles. The molecule has 3 atom stereocenters. The third kappa shape index (κ3) is 35.2. The van der Waals surface area contributed by atoms with Crippen LogP contribution in [0, 0.1) is 0 Å². The summed E-state index contributed by atoms with van der Waals surface area (Å²) in [5.74, 6) is -0.885. The van der Waals surface area contributed by atoms with Crippen LogP contribution in [0.1, 0.15) is 174 Å². The highest BCUT2D eigenvalue weighted by molar-refractivity contribution is 7.47. The molecule has 0 aromatic rings. The van der Waals surface area contributed by atoms with Gasteiger partial charge in [0, 0.05) is 19.4 Å². The summed E-state index contributed by atoms with van der Waals surface area (Å²) in [6, 6.07) is 0. The van der Waals surface area contributed by atoms with Gasteiger partial charge < -0.3 is 20.1 Å². The van der Waals surface area contributed by atoms with E-state index < -0.39 is 32.5 Å². The Labute approximate surface area is 310 Å². The number of phosphoric ester groups is 1. The van der Waals surface area contributed by atoms with Gasteiger partial charge in [0.05, 0.1) is 13.2 Å². The largest absolute Gasteiger partial charge is 0.472 e. The molecule has 11 nitrogen and oxygen atoms in total. The maximum Gasteiger partial charge on any atom is 0.472 e. The molecule has 51 heavy (non-hydrogen) atoms. The number of phosphoric acid groups is 1. The molecule has 0 aliphatic carbocycles. The van der Waals surface area contributed by atoms with Gasteiger partial charge in [0.25, 0.3) is 0 Å².